The first-order valence-corrected chi connectivity index (χ1v) is 7.28. The maximum absolute atomic E-state index is 12.7. The lowest BCUT2D eigenvalue weighted by Gasteiger charge is -2.13. The number of pyridine rings is 2. The second-order valence-corrected chi connectivity index (χ2v) is 5.55. The summed E-state index contributed by atoms with van der Waals surface area (Å²) < 4.78 is 39.1. The van der Waals surface area contributed by atoms with Gasteiger partial charge in [0.25, 0.3) is 0 Å². The molecule has 0 atom stereocenters. The first kappa shape index (κ1) is 17.5. The molecule has 0 amide bonds. The van der Waals surface area contributed by atoms with Crippen LogP contribution < -0.4 is 5.43 Å². The Morgan fingerprint density at radius 3 is 2.46 bits per heavy atom. The molecule has 3 heterocycles. The second kappa shape index (κ2) is 5.90. The number of hydrogen-bond donors (Lipinski definition) is 1. The minimum absolute atomic E-state index is 0.0653. The van der Waals surface area contributed by atoms with E-state index in [-0.39, 0.29) is 16.7 Å². The van der Waals surface area contributed by atoms with Crippen LogP contribution in [0.15, 0.2) is 29.2 Å². The van der Waals surface area contributed by atoms with Crippen molar-refractivity contribution in [2.24, 2.45) is 0 Å². The number of fused-ring (bicyclic) bond motifs is 1. The van der Waals surface area contributed by atoms with Gasteiger partial charge in [-0.1, -0.05) is 0 Å². The quantitative estimate of drug-likeness (QED) is 0.750. The summed E-state index contributed by atoms with van der Waals surface area (Å²) in [6.45, 7) is 3.38. The molecular weight excluding hydrogens is 353 g/mol. The fourth-order valence-corrected chi connectivity index (χ4v) is 2.35. The van der Waals surface area contributed by atoms with Gasteiger partial charge in [-0.25, -0.2) is 19.4 Å². The highest BCUT2D eigenvalue weighted by Crippen LogP contribution is 2.28. The van der Waals surface area contributed by atoms with Crippen molar-refractivity contribution >= 4 is 17.0 Å². The van der Waals surface area contributed by atoms with Crippen molar-refractivity contribution in [2.45, 2.75) is 20.0 Å². The van der Waals surface area contributed by atoms with Crippen molar-refractivity contribution in [3.05, 3.63) is 57.3 Å². The molecule has 0 aromatic carbocycles. The van der Waals surface area contributed by atoms with Crippen LogP contribution in [0.25, 0.3) is 16.7 Å². The number of hydrogen-bond acceptors (Lipinski definition) is 5. The summed E-state index contributed by atoms with van der Waals surface area (Å²) in [5.41, 5.74) is -1.43. The zero-order valence-corrected chi connectivity index (χ0v) is 13.5. The Balaban J connectivity index is 2.34. The molecule has 1 N–H and O–H groups in total. The van der Waals surface area contributed by atoms with Crippen LogP contribution in [0.1, 0.15) is 27.4 Å². The van der Waals surface area contributed by atoms with Crippen LogP contribution in [-0.4, -0.2) is 30.8 Å². The molecule has 134 valence electrons. The molecular formula is C16H11F3N4O3. The SMILES string of the molecule is Cc1cc2c(nc1C)c(=O)c(C(=O)O)nn2-c1ccc(C(F)(F)F)nc1. The molecule has 0 unspecified atom stereocenters. The Morgan fingerprint density at radius 1 is 1.23 bits per heavy atom. The van der Waals surface area contributed by atoms with Gasteiger partial charge in [-0.15, -0.1) is 0 Å². The topological polar surface area (TPSA) is 98.0 Å². The van der Waals surface area contributed by atoms with Gasteiger partial charge < -0.3 is 5.11 Å². The predicted molar refractivity (Wildman–Crippen MR) is 84.4 cm³/mol. The van der Waals surface area contributed by atoms with E-state index in [0.29, 0.717) is 11.3 Å². The Kier molecular flexibility index (Phi) is 3.98. The average Bonchev–Trinajstić information content (AvgIpc) is 2.56. The molecule has 0 radical (unpaired) electrons. The van der Waals surface area contributed by atoms with Crippen molar-refractivity contribution in [3.8, 4) is 5.69 Å². The van der Waals surface area contributed by atoms with Crippen molar-refractivity contribution in [1.29, 1.82) is 0 Å². The number of halogens is 3. The third kappa shape index (κ3) is 2.89. The molecule has 0 aliphatic heterocycles. The lowest BCUT2D eigenvalue weighted by molar-refractivity contribution is -0.141. The zero-order valence-electron chi connectivity index (χ0n) is 13.5. The summed E-state index contributed by atoms with van der Waals surface area (Å²) >= 11 is 0. The summed E-state index contributed by atoms with van der Waals surface area (Å²) in [6, 6.07) is 3.40. The number of aromatic carboxylic acids is 1. The Morgan fingerprint density at radius 2 is 1.92 bits per heavy atom. The monoisotopic (exact) mass is 364 g/mol. The fraction of sp³-hybridized carbons (Fsp3) is 0.188. The van der Waals surface area contributed by atoms with Crippen molar-refractivity contribution in [3.63, 3.8) is 0 Å². The van der Waals surface area contributed by atoms with Crippen molar-refractivity contribution < 1.29 is 23.1 Å². The number of alkyl halides is 3. The highest BCUT2D eigenvalue weighted by Gasteiger charge is 2.32. The number of aromatic nitrogens is 4. The molecule has 10 heteroatoms. The molecule has 0 saturated heterocycles. The minimum Gasteiger partial charge on any atom is -0.476 e. The van der Waals surface area contributed by atoms with Crippen LogP contribution in [0.5, 0.6) is 0 Å². The standard InChI is InChI=1S/C16H11F3N4O3/c1-7-5-10-12(21-8(7)2)14(24)13(15(25)26)22-23(10)9-3-4-11(20-6-9)16(17,18)19/h3-6H,1-2H3,(H,25,26). The van der Waals surface area contributed by atoms with Crippen LogP contribution in [-0.2, 0) is 6.18 Å². The Hall–Kier alpha value is -3.30. The van der Waals surface area contributed by atoms with Crippen LogP contribution in [0, 0.1) is 13.8 Å². The molecule has 0 fully saturated rings. The minimum atomic E-state index is -4.61. The van der Waals surface area contributed by atoms with E-state index in [1.165, 1.54) is 0 Å². The number of nitrogens with zero attached hydrogens (tertiary/aromatic N) is 4. The smallest absolute Gasteiger partial charge is 0.433 e. The van der Waals surface area contributed by atoms with E-state index in [9.17, 15) is 27.9 Å². The van der Waals surface area contributed by atoms with Gasteiger partial charge in [0.1, 0.15) is 11.2 Å². The van der Waals surface area contributed by atoms with Gasteiger partial charge in [0, 0.05) is 5.69 Å². The summed E-state index contributed by atoms with van der Waals surface area (Å²) in [4.78, 5) is 31.1. The zero-order chi connectivity index (χ0) is 19.2. The predicted octanol–water partition coefficient (Wildman–Crippen LogP) is 2.51. The summed E-state index contributed by atoms with van der Waals surface area (Å²) in [6.07, 6.45) is -3.71. The molecule has 0 spiro atoms. The van der Waals surface area contributed by atoms with Gasteiger partial charge in [-0.2, -0.15) is 18.3 Å². The fourth-order valence-electron chi connectivity index (χ4n) is 2.35. The van der Waals surface area contributed by atoms with E-state index in [2.05, 4.69) is 15.1 Å². The van der Waals surface area contributed by atoms with Crippen LogP contribution in [0.3, 0.4) is 0 Å². The molecule has 3 aromatic heterocycles. The maximum atomic E-state index is 12.7. The number of carbonyl (C=O) groups is 1. The van der Waals surface area contributed by atoms with E-state index in [1.807, 2.05) is 0 Å². The molecule has 3 rings (SSSR count). The van der Waals surface area contributed by atoms with Gasteiger partial charge >= 0.3 is 12.1 Å². The van der Waals surface area contributed by atoms with Gasteiger partial charge in [-0.3, -0.25) is 4.79 Å². The number of rotatable bonds is 2. The number of aryl methyl sites for hydroxylation is 2. The highest BCUT2D eigenvalue weighted by molar-refractivity contribution is 5.89. The van der Waals surface area contributed by atoms with Gasteiger partial charge in [-0.05, 0) is 37.6 Å². The maximum Gasteiger partial charge on any atom is 0.433 e. The Bertz CT molecular complexity index is 1090. The molecule has 0 saturated carbocycles. The first-order valence-electron chi connectivity index (χ1n) is 7.28. The summed E-state index contributed by atoms with van der Waals surface area (Å²) in [7, 11) is 0. The molecule has 0 aliphatic carbocycles. The van der Waals surface area contributed by atoms with Gasteiger partial charge in [0.2, 0.25) is 11.1 Å². The van der Waals surface area contributed by atoms with E-state index < -0.39 is 29.0 Å². The molecule has 0 bridgehead atoms. The Labute approximate surface area is 143 Å². The third-order valence-electron chi connectivity index (χ3n) is 3.79. The van der Waals surface area contributed by atoms with Crippen molar-refractivity contribution in [1.82, 2.24) is 19.7 Å². The number of carboxylic acid groups (broad SMARTS) is 1. The number of carboxylic acids is 1. The summed E-state index contributed by atoms with van der Waals surface area (Å²) in [5.74, 6) is -1.56. The molecule has 3 aromatic rings. The van der Waals surface area contributed by atoms with E-state index >= 15 is 0 Å². The lowest BCUT2D eigenvalue weighted by atomic mass is 10.2. The van der Waals surface area contributed by atoms with E-state index in [1.54, 1.807) is 19.9 Å². The molecule has 7 nitrogen and oxygen atoms in total. The second-order valence-electron chi connectivity index (χ2n) is 5.55. The van der Waals surface area contributed by atoms with Crippen LogP contribution in [0.4, 0.5) is 13.2 Å². The first-order chi connectivity index (χ1) is 12.1. The highest BCUT2D eigenvalue weighted by atomic mass is 19.4. The van der Waals surface area contributed by atoms with Crippen LogP contribution in [0.2, 0.25) is 0 Å². The largest absolute Gasteiger partial charge is 0.476 e. The van der Waals surface area contributed by atoms with E-state index in [0.717, 1.165) is 23.0 Å². The lowest BCUT2D eigenvalue weighted by Crippen LogP contribution is -2.23. The molecule has 0 aliphatic rings. The average molecular weight is 364 g/mol. The van der Waals surface area contributed by atoms with Gasteiger partial charge in [0.05, 0.1) is 17.4 Å². The van der Waals surface area contributed by atoms with E-state index in [4.69, 9.17) is 0 Å². The van der Waals surface area contributed by atoms with Crippen molar-refractivity contribution in [2.75, 3.05) is 0 Å². The normalized spacial score (nSPS) is 11.7. The molecule has 26 heavy (non-hydrogen) atoms. The van der Waals surface area contributed by atoms with Gasteiger partial charge in [0.15, 0.2) is 0 Å². The van der Waals surface area contributed by atoms with Crippen LogP contribution >= 0.6 is 0 Å². The third-order valence-corrected chi connectivity index (χ3v) is 3.79. The summed E-state index contributed by atoms with van der Waals surface area (Å²) in [5, 5.41) is 13.0.